The van der Waals surface area contributed by atoms with Gasteiger partial charge < -0.3 is 48.9 Å². The van der Waals surface area contributed by atoms with Crippen LogP contribution in [-0.2, 0) is 39.2 Å². The van der Waals surface area contributed by atoms with Crippen molar-refractivity contribution in [2.75, 3.05) is 33.9 Å². The Morgan fingerprint density at radius 2 is 1.25 bits per heavy atom. The van der Waals surface area contributed by atoms with Crippen molar-refractivity contribution in [1.82, 2.24) is 25.1 Å². The number of carbonyl (C=O) groups excluding carboxylic acids is 3. The van der Waals surface area contributed by atoms with Crippen molar-refractivity contribution in [2.24, 2.45) is 5.92 Å². The fourth-order valence-corrected chi connectivity index (χ4v) is 13.2. The van der Waals surface area contributed by atoms with Gasteiger partial charge in [0.25, 0.3) is 5.56 Å². The quantitative estimate of drug-likeness (QED) is 0.0238. The molecular formula is C64H97N5O12Si2. The van der Waals surface area contributed by atoms with Gasteiger partial charge in [-0.25, -0.2) is 9.59 Å². The molecule has 2 aliphatic rings. The molecule has 0 spiro atoms. The van der Waals surface area contributed by atoms with Crippen LogP contribution >= 0.6 is 0 Å². The molecule has 4 aromatic rings. The minimum absolute atomic E-state index is 0.0299. The van der Waals surface area contributed by atoms with Gasteiger partial charge in [0, 0.05) is 37.7 Å². The summed E-state index contributed by atoms with van der Waals surface area (Å²) in [6, 6.07) is 24.4. The van der Waals surface area contributed by atoms with Crippen molar-refractivity contribution in [3.05, 3.63) is 123 Å². The van der Waals surface area contributed by atoms with Crippen LogP contribution in [0.5, 0.6) is 5.75 Å². The van der Waals surface area contributed by atoms with E-state index in [1.165, 1.54) is 46.2 Å². The standard InChI is InChI=1S/C64H97N5O12Si2/c1-62(2,3)79-59(73)53(66-40-25-39-65-50(70)32-24-27-44(26-18-16-17-23-38-67-60(74)77-11)52-48-30-21-19-28-46(48)47-29-20-22-31-49(47)52)54(72)55-56(80-82(12,13)63(4,5)6)57(81-83(14,15)64(7,8)9)58(78-55)68-41-37-51(71)69(61(68)75)42-43-33-35-45(76-10)36-34-43/h19-22,28-31,33-37,41,44,52-58,66,72H,16-18,23-27,32,38-40,42H2,1-15H3,(H,65,70)(H,67,74)/t44?,53-,54+,55?,56+,57+,58+/m0/s1. The normalized spacial score (nSPS) is 18.7. The highest BCUT2D eigenvalue weighted by molar-refractivity contribution is 6.74. The van der Waals surface area contributed by atoms with Crippen molar-refractivity contribution in [2.45, 2.75) is 211 Å². The highest BCUT2D eigenvalue weighted by Gasteiger charge is 2.58. The molecule has 3 aromatic carbocycles. The second-order valence-electron chi connectivity index (χ2n) is 26.5. The Balaban J connectivity index is 1.20. The summed E-state index contributed by atoms with van der Waals surface area (Å²) in [6.07, 6.45) is 2.29. The molecule has 1 aromatic heterocycles. The summed E-state index contributed by atoms with van der Waals surface area (Å²) in [5.41, 5.74) is 3.85. The number of benzene rings is 3. The molecule has 2 amide bonds. The monoisotopic (exact) mass is 1180 g/mol. The molecule has 19 heteroatoms. The van der Waals surface area contributed by atoms with Crippen LogP contribution < -0.4 is 31.9 Å². The van der Waals surface area contributed by atoms with Crippen LogP contribution in [0.15, 0.2) is 94.6 Å². The third-order valence-corrected chi connectivity index (χ3v) is 26.2. The number of fused-ring (bicyclic) bond motifs is 3. The van der Waals surface area contributed by atoms with E-state index in [1.54, 1.807) is 52.1 Å². The predicted molar refractivity (Wildman–Crippen MR) is 331 cm³/mol. The molecule has 0 bridgehead atoms. The lowest BCUT2D eigenvalue weighted by Crippen LogP contribution is -2.59. The highest BCUT2D eigenvalue weighted by Crippen LogP contribution is 2.51. The first-order chi connectivity index (χ1) is 39.0. The molecule has 458 valence electrons. The number of nitrogens with zero attached hydrogens (tertiary/aromatic N) is 2. The predicted octanol–water partition coefficient (Wildman–Crippen LogP) is 10.8. The van der Waals surface area contributed by atoms with E-state index in [1.807, 2.05) is 0 Å². The number of unbranched alkanes of at least 4 members (excludes halogenated alkanes) is 3. The van der Waals surface area contributed by atoms with Crippen LogP contribution in [0.3, 0.4) is 0 Å². The Kier molecular flexibility index (Phi) is 23.0. The van der Waals surface area contributed by atoms with Crippen molar-refractivity contribution in [3.8, 4) is 16.9 Å². The maximum atomic E-state index is 14.8. The minimum atomic E-state index is -2.76. The number of aromatic nitrogens is 2. The van der Waals surface area contributed by atoms with Crippen molar-refractivity contribution in [1.29, 1.82) is 0 Å². The lowest BCUT2D eigenvalue weighted by Gasteiger charge is -2.44. The number of amides is 2. The second kappa shape index (κ2) is 28.6. The third-order valence-electron chi connectivity index (χ3n) is 17.2. The summed E-state index contributed by atoms with van der Waals surface area (Å²) in [4.78, 5) is 67.9. The summed E-state index contributed by atoms with van der Waals surface area (Å²) in [5.74, 6) is 0.408. The van der Waals surface area contributed by atoms with E-state index in [2.05, 4.69) is 132 Å². The first-order valence-corrected chi connectivity index (χ1v) is 35.7. The average Bonchev–Trinajstić information content (AvgIpc) is 2.37. The Hall–Kier alpha value is -5.42. The maximum absolute atomic E-state index is 14.8. The summed E-state index contributed by atoms with van der Waals surface area (Å²) in [5, 5.41) is 21.4. The molecule has 7 atom stereocenters. The van der Waals surface area contributed by atoms with Crippen molar-refractivity contribution >= 4 is 34.6 Å². The van der Waals surface area contributed by atoms with E-state index in [9.17, 15) is 29.1 Å². The maximum Gasteiger partial charge on any atom is 0.406 e. The van der Waals surface area contributed by atoms with Crippen molar-refractivity contribution < 1.29 is 47.3 Å². The zero-order chi connectivity index (χ0) is 61.1. The van der Waals surface area contributed by atoms with Gasteiger partial charge in [0.2, 0.25) is 5.91 Å². The van der Waals surface area contributed by atoms with Gasteiger partial charge in [0.1, 0.15) is 41.8 Å². The summed E-state index contributed by atoms with van der Waals surface area (Å²) >= 11 is 0. The van der Waals surface area contributed by atoms with E-state index in [4.69, 9.17) is 27.8 Å². The molecule has 6 rings (SSSR count). The number of hydrogen-bond donors (Lipinski definition) is 4. The fourth-order valence-electron chi connectivity index (χ4n) is 10.7. The number of ether oxygens (including phenoxy) is 4. The SMILES string of the molecule is COC(=O)NCCCCCCC(CCCC(=O)NCCCN[C@H](C(=O)OC(C)(C)C)[C@@H](O)C1O[C@@H](n2ccc(=O)n(Cc3ccc(OC)cc3)c2=O)[C@H](O[Si](C)(C)C(C)(C)C)[C@@H]1O[Si](C)(C)C(C)(C)C)C1c2ccccc2-c2ccccc21. The number of alkyl carbamates (subject to hydrolysis) is 1. The molecule has 4 N–H and O–H groups in total. The average molecular weight is 1180 g/mol. The number of methoxy groups -OCH3 is 2. The lowest BCUT2D eigenvalue weighted by atomic mass is 9.78. The number of nitrogens with one attached hydrogen (secondary N) is 3. The molecule has 1 aliphatic carbocycles. The molecule has 1 saturated heterocycles. The van der Waals surface area contributed by atoms with Crippen LogP contribution in [0.2, 0.25) is 36.3 Å². The van der Waals surface area contributed by atoms with Crippen LogP contribution in [0.25, 0.3) is 11.1 Å². The van der Waals surface area contributed by atoms with Crippen molar-refractivity contribution in [3.63, 3.8) is 0 Å². The number of rotatable bonds is 28. The molecule has 2 heterocycles. The van der Waals surface area contributed by atoms with Crippen LogP contribution in [0.4, 0.5) is 4.79 Å². The molecule has 1 aliphatic heterocycles. The first-order valence-electron chi connectivity index (χ1n) is 29.9. The Morgan fingerprint density at radius 3 is 1.83 bits per heavy atom. The summed E-state index contributed by atoms with van der Waals surface area (Å²) in [7, 11) is -2.57. The van der Waals surface area contributed by atoms with Gasteiger partial charge >= 0.3 is 17.8 Å². The summed E-state index contributed by atoms with van der Waals surface area (Å²) in [6.45, 7) is 27.4. The summed E-state index contributed by atoms with van der Waals surface area (Å²) < 4.78 is 40.1. The van der Waals surface area contributed by atoms with Gasteiger partial charge in [0.05, 0.1) is 20.8 Å². The Morgan fingerprint density at radius 1 is 0.687 bits per heavy atom. The lowest BCUT2D eigenvalue weighted by molar-refractivity contribution is -0.166. The van der Waals surface area contributed by atoms with E-state index in [0.29, 0.717) is 49.6 Å². The third kappa shape index (κ3) is 17.4. The molecule has 1 fully saturated rings. The van der Waals surface area contributed by atoms with Crippen LogP contribution in [0.1, 0.15) is 149 Å². The molecule has 0 saturated carbocycles. The highest BCUT2D eigenvalue weighted by atomic mass is 28.4. The number of aliphatic hydroxyl groups excluding tert-OH is 1. The zero-order valence-corrected chi connectivity index (χ0v) is 54.2. The van der Waals surface area contributed by atoms with Gasteiger partial charge in [-0.1, -0.05) is 121 Å². The topological polar surface area (TPSA) is 207 Å². The van der Waals surface area contributed by atoms with Gasteiger partial charge in [-0.15, -0.1) is 0 Å². The van der Waals surface area contributed by atoms with Gasteiger partial charge in [-0.2, -0.15) is 0 Å². The molecule has 0 radical (unpaired) electrons. The number of hydrogen-bond acceptors (Lipinski definition) is 13. The largest absolute Gasteiger partial charge is 0.497 e. The Bertz CT molecular complexity index is 2860. The van der Waals surface area contributed by atoms with E-state index in [-0.39, 0.29) is 35.0 Å². The number of aliphatic hydroxyl groups is 1. The smallest absolute Gasteiger partial charge is 0.406 e. The molecular weight excluding hydrogens is 1090 g/mol. The molecule has 2 unspecified atom stereocenters. The Labute approximate surface area is 495 Å². The first kappa shape index (κ1) is 66.7. The number of carbonyl (C=O) groups is 3. The zero-order valence-electron chi connectivity index (χ0n) is 52.2. The van der Waals surface area contributed by atoms with Gasteiger partial charge in [-0.3, -0.25) is 23.5 Å². The fraction of sp³-hybridized carbons (Fsp3) is 0.609. The molecule has 83 heavy (non-hydrogen) atoms. The van der Waals surface area contributed by atoms with Gasteiger partial charge in [-0.05, 0) is 142 Å². The van der Waals surface area contributed by atoms with Gasteiger partial charge in [0.15, 0.2) is 22.9 Å². The van der Waals surface area contributed by atoms with E-state index >= 15 is 0 Å². The van der Waals surface area contributed by atoms with Crippen LogP contribution in [-0.4, -0.2) is 119 Å². The minimum Gasteiger partial charge on any atom is -0.497 e. The van der Waals surface area contributed by atoms with E-state index < -0.39 is 82.2 Å². The second-order valence-corrected chi connectivity index (χ2v) is 36.1. The molecule has 17 nitrogen and oxygen atoms in total. The number of esters is 1. The van der Waals surface area contributed by atoms with Crippen LogP contribution in [0, 0.1) is 5.92 Å². The van der Waals surface area contributed by atoms with E-state index in [0.717, 1.165) is 43.1 Å².